The van der Waals surface area contributed by atoms with Crippen molar-refractivity contribution in [2.24, 2.45) is 0 Å². The molecule has 1 aliphatic heterocycles. The molecule has 0 unspecified atom stereocenters. The molecule has 0 aliphatic carbocycles. The maximum absolute atomic E-state index is 6.22. The summed E-state index contributed by atoms with van der Waals surface area (Å²) >= 11 is 0. The smallest absolute Gasteiger partial charge is 0.243 e. The van der Waals surface area contributed by atoms with E-state index in [2.05, 4.69) is 38.4 Å². The van der Waals surface area contributed by atoms with Crippen LogP contribution in [0.4, 0.5) is 5.95 Å². The van der Waals surface area contributed by atoms with Gasteiger partial charge in [-0.05, 0) is 41.5 Å². The number of hydrogen-bond acceptors (Lipinski definition) is 8. The molecule has 3 aromatic heterocycles. The van der Waals surface area contributed by atoms with Crippen LogP contribution in [0.2, 0.25) is 0 Å². The van der Waals surface area contributed by atoms with Crippen LogP contribution in [0, 0.1) is 0 Å². The fourth-order valence-electron chi connectivity index (χ4n) is 4.66. The minimum atomic E-state index is 0.320. The molecule has 0 bridgehead atoms. The summed E-state index contributed by atoms with van der Waals surface area (Å²) in [6.07, 6.45) is 1.76. The summed E-state index contributed by atoms with van der Waals surface area (Å²) in [5, 5.41) is 4.40. The van der Waals surface area contributed by atoms with Gasteiger partial charge in [0, 0.05) is 43.3 Å². The fraction of sp³-hybridized carbons (Fsp3) is 0.250. The van der Waals surface area contributed by atoms with Crippen LogP contribution in [0.25, 0.3) is 33.1 Å². The number of anilines is 1. The van der Waals surface area contributed by atoms with E-state index >= 15 is 0 Å². The van der Waals surface area contributed by atoms with E-state index in [0.717, 1.165) is 64.9 Å². The van der Waals surface area contributed by atoms with Gasteiger partial charge in [0.05, 0.1) is 19.9 Å². The molecule has 0 saturated carbocycles. The number of aromatic amines is 1. The number of ether oxygens (including phenoxy) is 3. The number of hydrogen-bond donors (Lipinski definition) is 2. The van der Waals surface area contributed by atoms with Gasteiger partial charge in [-0.1, -0.05) is 24.3 Å². The molecule has 2 aromatic carbocycles. The second kappa shape index (κ2) is 9.94. The average molecular weight is 497 g/mol. The van der Waals surface area contributed by atoms with Crippen LogP contribution in [0.15, 0.2) is 60.8 Å². The third kappa shape index (κ3) is 4.49. The van der Waals surface area contributed by atoms with Crippen LogP contribution < -0.4 is 24.4 Å². The monoisotopic (exact) mass is 496 g/mol. The van der Waals surface area contributed by atoms with Gasteiger partial charge in [0.2, 0.25) is 11.8 Å². The Morgan fingerprint density at radius 2 is 1.70 bits per heavy atom. The van der Waals surface area contributed by atoms with Crippen LogP contribution >= 0.6 is 0 Å². The predicted molar refractivity (Wildman–Crippen MR) is 144 cm³/mol. The van der Waals surface area contributed by atoms with Crippen molar-refractivity contribution in [3.05, 3.63) is 66.5 Å². The molecule has 0 atom stereocenters. The standard InChI is InChI=1S/C28H28N6O3/c1-35-23-9-7-19(16-24(23)36-2)18-6-8-21-22(15-18)31-26-25(21)32-28(34-13-11-29-12-14-34)33-27(26)37-17-20-5-3-4-10-30-20/h3-10,15-16,29,31H,11-14,17H2,1-2H3. The first-order valence-electron chi connectivity index (χ1n) is 12.3. The molecule has 9 nitrogen and oxygen atoms in total. The molecule has 6 rings (SSSR count). The minimum Gasteiger partial charge on any atom is -0.493 e. The summed E-state index contributed by atoms with van der Waals surface area (Å²) in [7, 11) is 3.28. The Morgan fingerprint density at radius 3 is 2.49 bits per heavy atom. The predicted octanol–water partition coefficient (Wildman–Crippen LogP) is 4.18. The minimum absolute atomic E-state index is 0.320. The zero-order valence-corrected chi connectivity index (χ0v) is 20.8. The van der Waals surface area contributed by atoms with E-state index in [-0.39, 0.29) is 0 Å². The van der Waals surface area contributed by atoms with Crippen LogP contribution in [0.5, 0.6) is 17.4 Å². The van der Waals surface area contributed by atoms with Gasteiger partial charge in [-0.2, -0.15) is 4.98 Å². The highest BCUT2D eigenvalue weighted by Gasteiger charge is 2.20. The Kier molecular flexibility index (Phi) is 6.20. The van der Waals surface area contributed by atoms with Crippen molar-refractivity contribution < 1.29 is 14.2 Å². The molecule has 1 fully saturated rings. The Balaban J connectivity index is 1.44. The number of nitrogens with one attached hydrogen (secondary N) is 2. The Hall–Kier alpha value is -4.37. The number of methoxy groups -OCH3 is 2. The molecule has 0 spiro atoms. The van der Waals surface area contributed by atoms with E-state index in [0.29, 0.717) is 29.9 Å². The van der Waals surface area contributed by atoms with Crippen LogP contribution in [-0.2, 0) is 6.61 Å². The molecule has 0 radical (unpaired) electrons. The number of nitrogens with zero attached hydrogens (tertiary/aromatic N) is 4. The van der Waals surface area contributed by atoms with Crippen molar-refractivity contribution in [3.63, 3.8) is 0 Å². The van der Waals surface area contributed by atoms with Crippen molar-refractivity contribution in [1.29, 1.82) is 0 Å². The van der Waals surface area contributed by atoms with Gasteiger partial charge < -0.3 is 29.4 Å². The number of aromatic nitrogens is 4. The number of pyridine rings is 1. The summed E-state index contributed by atoms with van der Waals surface area (Å²) < 4.78 is 17.1. The molecule has 1 aliphatic rings. The lowest BCUT2D eigenvalue weighted by Crippen LogP contribution is -2.44. The largest absolute Gasteiger partial charge is 0.493 e. The summed E-state index contributed by atoms with van der Waals surface area (Å²) in [5.41, 5.74) is 5.48. The molecule has 5 aromatic rings. The lowest BCUT2D eigenvalue weighted by atomic mass is 10.0. The zero-order chi connectivity index (χ0) is 25.2. The molecule has 9 heteroatoms. The number of benzene rings is 2. The normalized spacial score (nSPS) is 13.7. The quantitative estimate of drug-likeness (QED) is 0.346. The summed E-state index contributed by atoms with van der Waals surface area (Å²) in [6.45, 7) is 3.80. The first-order valence-corrected chi connectivity index (χ1v) is 12.3. The number of fused-ring (bicyclic) bond motifs is 3. The zero-order valence-electron chi connectivity index (χ0n) is 20.8. The van der Waals surface area contributed by atoms with Crippen molar-refractivity contribution in [2.45, 2.75) is 6.61 Å². The van der Waals surface area contributed by atoms with Gasteiger partial charge in [0.1, 0.15) is 17.6 Å². The Labute approximate surface area is 214 Å². The lowest BCUT2D eigenvalue weighted by Gasteiger charge is -2.27. The topological polar surface area (TPSA) is 97.4 Å². The number of rotatable bonds is 7. The van der Waals surface area contributed by atoms with Crippen molar-refractivity contribution >= 4 is 27.9 Å². The highest BCUT2D eigenvalue weighted by atomic mass is 16.5. The van der Waals surface area contributed by atoms with Gasteiger partial charge in [0.25, 0.3) is 0 Å². The molecule has 4 heterocycles. The fourth-order valence-corrected chi connectivity index (χ4v) is 4.66. The van der Waals surface area contributed by atoms with Gasteiger partial charge in [-0.3, -0.25) is 4.98 Å². The number of H-pyrrole nitrogens is 1. The van der Waals surface area contributed by atoms with E-state index in [1.54, 1.807) is 20.4 Å². The third-order valence-corrected chi connectivity index (χ3v) is 6.60. The molecule has 1 saturated heterocycles. The Bertz CT molecular complexity index is 1550. The second-order valence-electron chi connectivity index (χ2n) is 8.85. The second-order valence-corrected chi connectivity index (χ2v) is 8.85. The molecule has 2 N–H and O–H groups in total. The molecule has 0 amide bonds. The van der Waals surface area contributed by atoms with Gasteiger partial charge in [0.15, 0.2) is 11.5 Å². The number of piperazine rings is 1. The first-order chi connectivity index (χ1) is 18.2. The van der Waals surface area contributed by atoms with E-state index in [4.69, 9.17) is 24.2 Å². The SMILES string of the molecule is COc1ccc(-c2ccc3c(c2)[nH]c2c(OCc4ccccn4)nc(N4CCNCC4)nc23)cc1OC. The highest BCUT2D eigenvalue weighted by Crippen LogP contribution is 2.36. The Morgan fingerprint density at radius 1 is 0.892 bits per heavy atom. The third-order valence-electron chi connectivity index (χ3n) is 6.60. The highest BCUT2D eigenvalue weighted by molar-refractivity contribution is 6.07. The summed E-state index contributed by atoms with van der Waals surface area (Å²) in [6, 6.07) is 18.0. The van der Waals surface area contributed by atoms with Crippen molar-refractivity contribution in [3.8, 4) is 28.5 Å². The van der Waals surface area contributed by atoms with E-state index in [1.165, 1.54) is 0 Å². The van der Waals surface area contributed by atoms with Gasteiger partial charge in [-0.15, -0.1) is 0 Å². The van der Waals surface area contributed by atoms with Crippen LogP contribution in [-0.4, -0.2) is 60.3 Å². The van der Waals surface area contributed by atoms with Crippen molar-refractivity contribution in [2.75, 3.05) is 45.3 Å². The maximum atomic E-state index is 6.22. The molecule has 37 heavy (non-hydrogen) atoms. The molecule has 188 valence electrons. The van der Waals surface area contributed by atoms with Crippen molar-refractivity contribution in [1.82, 2.24) is 25.3 Å². The molecular formula is C28H28N6O3. The lowest BCUT2D eigenvalue weighted by molar-refractivity contribution is 0.292. The molecular weight excluding hydrogens is 468 g/mol. The van der Waals surface area contributed by atoms with Gasteiger partial charge >= 0.3 is 0 Å². The maximum Gasteiger partial charge on any atom is 0.243 e. The van der Waals surface area contributed by atoms with E-state index in [9.17, 15) is 0 Å². The van der Waals surface area contributed by atoms with Crippen LogP contribution in [0.1, 0.15) is 5.69 Å². The average Bonchev–Trinajstić information content (AvgIpc) is 3.34. The van der Waals surface area contributed by atoms with E-state index < -0.39 is 0 Å². The summed E-state index contributed by atoms with van der Waals surface area (Å²) in [5.74, 6) is 2.58. The first kappa shape index (κ1) is 23.1. The summed E-state index contributed by atoms with van der Waals surface area (Å²) in [4.78, 5) is 19.9. The van der Waals surface area contributed by atoms with E-state index in [1.807, 2.05) is 36.4 Å². The van der Waals surface area contributed by atoms with Gasteiger partial charge in [-0.25, -0.2) is 4.98 Å². The van der Waals surface area contributed by atoms with Crippen LogP contribution in [0.3, 0.4) is 0 Å².